The first-order valence-corrected chi connectivity index (χ1v) is 7.22. The Bertz CT molecular complexity index is 1050. The number of nitrogens with one attached hydrogen (secondary N) is 1. The number of carbonyl (C=O) groups is 1. The van der Waals surface area contributed by atoms with Crippen molar-refractivity contribution in [3.63, 3.8) is 0 Å². The first kappa shape index (κ1) is 18.6. The summed E-state index contributed by atoms with van der Waals surface area (Å²) in [5.74, 6) is -1.35. The highest BCUT2D eigenvalue weighted by molar-refractivity contribution is 5.95. The van der Waals surface area contributed by atoms with Crippen LogP contribution in [0.2, 0.25) is 0 Å². The SMILES string of the molecule is Cc1ccc(C(=O)NN=Cc2c(O)n(C)c(=O)n(C)c2=O)cc1[N+](=O)[O-]. The smallest absolute Gasteiger partial charge is 0.333 e. The number of hydrazone groups is 1. The van der Waals surface area contributed by atoms with Crippen LogP contribution in [-0.2, 0) is 14.1 Å². The largest absolute Gasteiger partial charge is 0.494 e. The number of aryl methyl sites for hydroxylation is 1. The maximum absolute atomic E-state index is 12.0. The van der Waals surface area contributed by atoms with E-state index in [1.165, 1.54) is 33.2 Å². The van der Waals surface area contributed by atoms with Gasteiger partial charge in [0.2, 0.25) is 5.88 Å². The molecule has 0 aliphatic rings. The first-order chi connectivity index (χ1) is 12.1. The highest BCUT2D eigenvalue weighted by atomic mass is 16.6. The monoisotopic (exact) mass is 361 g/mol. The molecule has 0 saturated heterocycles. The molecule has 0 aliphatic carbocycles. The van der Waals surface area contributed by atoms with E-state index in [1.807, 2.05) is 0 Å². The van der Waals surface area contributed by atoms with Crippen LogP contribution in [0.15, 0.2) is 32.9 Å². The summed E-state index contributed by atoms with van der Waals surface area (Å²) in [6, 6.07) is 3.91. The Morgan fingerprint density at radius 3 is 2.58 bits per heavy atom. The van der Waals surface area contributed by atoms with Crippen LogP contribution < -0.4 is 16.7 Å². The van der Waals surface area contributed by atoms with E-state index in [0.29, 0.717) is 5.56 Å². The molecule has 1 amide bonds. The van der Waals surface area contributed by atoms with Crippen molar-refractivity contribution in [3.05, 3.63) is 65.8 Å². The molecule has 11 nitrogen and oxygen atoms in total. The molecule has 1 aromatic carbocycles. The van der Waals surface area contributed by atoms with E-state index in [2.05, 4.69) is 10.5 Å². The van der Waals surface area contributed by atoms with E-state index in [9.17, 15) is 29.6 Å². The molecule has 0 unspecified atom stereocenters. The van der Waals surface area contributed by atoms with Gasteiger partial charge in [-0.25, -0.2) is 10.2 Å². The number of hydrogen-bond acceptors (Lipinski definition) is 7. The molecule has 26 heavy (non-hydrogen) atoms. The Morgan fingerprint density at radius 1 is 1.31 bits per heavy atom. The van der Waals surface area contributed by atoms with E-state index in [0.717, 1.165) is 21.4 Å². The number of nitro benzene ring substituents is 1. The minimum absolute atomic E-state index is 0.00274. The Morgan fingerprint density at radius 2 is 1.96 bits per heavy atom. The Labute approximate surface area is 146 Å². The molecular weight excluding hydrogens is 346 g/mol. The van der Waals surface area contributed by atoms with Gasteiger partial charge in [-0.2, -0.15) is 5.10 Å². The van der Waals surface area contributed by atoms with E-state index in [-0.39, 0.29) is 16.8 Å². The number of aromatic nitrogens is 2. The Hall–Kier alpha value is -3.76. The molecule has 1 heterocycles. The molecule has 0 aliphatic heterocycles. The number of hydrogen-bond donors (Lipinski definition) is 2. The van der Waals surface area contributed by atoms with Gasteiger partial charge in [-0.05, 0) is 13.0 Å². The third-order valence-electron chi connectivity index (χ3n) is 3.70. The van der Waals surface area contributed by atoms with E-state index < -0.39 is 28.0 Å². The molecule has 2 rings (SSSR count). The van der Waals surface area contributed by atoms with Gasteiger partial charge in [0.15, 0.2) is 0 Å². The molecule has 0 fully saturated rings. The van der Waals surface area contributed by atoms with Gasteiger partial charge in [-0.15, -0.1) is 0 Å². The standard InChI is InChI=1S/C15H15N5O6/c1-8-4-5-9(6-11(8)20(25)26)12(21)17-16-7-10-13(22)18(2)15(24)19(3)14(10)23/h4-7,22H,1-3H3,(H,17,21). The zero-order valence-electron chi connectivity index (χ0n) is 14.1. The fraction of sp³-hybridized carbons (Fsp3) is 0.200. The quantitative estimate of drug-likeness (QED) is 0.436. The van der Waals surface area contributed by atoms with Crippen LogP contribution in [0, 0.1) is 17.0 Å². The zero-order chi connectivity index (χ0) is 19.6. The van der Waals surface area contributed by atoms with Gasteiger partial charge in [0.1, 0.15) is 5.56 Å². The van der Waals surface area contributed by atoms with E-state index in [1.54, 1.807) is 0 Å². The highest BCUT2D eigenvalue weighted by Crippen LogP contribution is 2.19. The molecule has 136 valence electrons. The summed E-state index contributed by atoms with van der Waals surface area (Å²) in [5, 5.41) is 24.3. The maximum Gasteiger partial charge on any atom is 0.333 e. The second-order valence-corrected chi connectivity index (χ2v) is 5.40. The number of nitrogens with zero attached hydrogens (tertiary/aromatic N) is 4. The summed E-state index contributed by atoms with van der Waals surface area (Å²) in [7, 11) is 2.49. The van der Waals surface area contributed by atoms with Gasteiger partial charge in [-0.1, -0.05) is 6.07 Å². The molecule has 2 N–H and O–H groups in total. The number of nitro groups is 1. The second-order valence-electron chi connectivity index (χ2n) is 5.40. The lowest BCUT2D eigenvalue weighted by atomic mass is 10.1. The number of aromatic hydroxyl groups is 1. The van der Waals surface area contributed by atoms with Crippen LogP contribution in [0.4, 0.5) is 5.69 Å². The van der Waals surface area contributed by atoms with Gasteiger partial charge in [-0.3, -0.25) is 28.8 Å². The second kappa shape index (κ2) is 7.01. The third kappa shape index (κ3) is 3.36. The fourth-order valence-corrected chi connectivity index (χ4v) is 2.14. The van der Waals surface area contributed by atoms with Crippen LogP contribution in [0.5, 0.6) is 5.88 Å². The average molecular weight is 361 g/mol. The van der Waals surface area contributed by atoms with Gasteiger partial charge in [0, 0.05) is 31.3 Å². The topological polar surface area (TPSA) is 149 Å². The molecule has 0 saturated carbocycles. The van der Waals surface area contributed by atoms with Crippen molar-refractivity contribution in [2.75, 3.05) is 0 Å². The van der Waals surface area contributed by atoms with E-state index >= 15 is 0 Å². The predicted molar refractivity (Wildman–Crippen MR) is 91.5 cm³/mol. The molecule has 11 heteroatoms. The van der Waals surface area contributed by atoms with Crippen LogP contribution >= 0.6 is 0 Å². The predicted octanol–water partition coefficient (Wildman–Crippen LogP) is -0.230. The summed E-state index contributed by atoms with van der Waals surface area (Å²) < 4.78 is 1.61. The van der Waals surface area contributed by atoms with Gasteiger partial charge in [0.25, 0.3) is 17.2 Å². The van der Waals surface area contributed by atoms with Gasteiger partial charge in [0.05, 0.1) is 11.1 Å². The lowest BCUT2D eigenvalue weighted by Crippen LogP contribution is -2.38. The van der Waals surface area contributed by atoms with Crippen molar-refractivity contribution < 1.29 is 14.8 Å². The molecule has 0 spiro atoms. The summed E-state index contributed by atoms with van der Waals surface area (Å²) in [4.78, 5) is 46.0. The van der Waals surface area contributed by atoms with Crippen molar-refractivity contribution in [2.24, 2.45) is 19.2 Å². The van der Waals surface area contributed by atoms with Crippen molar-refractivity contribution >= 4 is 17.8 Å². The summed E-state index contributed by atoms with van der Waals surface area (Å²) in [6.45, 7) is 1.54. The molecule has 0 atom stereocenters. The Balaban J connectivity index is 2.29. The molecular formula is C15H15N5O6. The van der Waals surface area contributed by atoms with Gasteiger partial charge < -0.3 is 5.11 Å². The summed E-state index contributed by atoms with van der Waals surface area (Å²) in [6.07, 6.45) is 0.887. The Kier molecular flexibility index (Phi) is 5.01. The van der Waals surface area contributed by atoms with Crippen LogP contribution in [0.3, 0.4) is 0 Å². The lowest BCUT2D eigenvalue weighted by Gasteiger charge is -2.07. The van der Waals surface area contributed by atoms with Crippen molar-refractivity contribution in [1.82, 2.24) is 14.6 Å². The summed E-state index contributed by atoms with van der Waals surface area (Å²) in [5.41, 5.74) is 0.461. The van der Waals surface area contributed by atoms with Gasteiger partial charge >= 0.3 is 5.69 Å². The van der Waals surface area contributed by atoms with Crippen LogP contribution in [0.25, 0.3) is 0 Å². The van der Waals surface area contributed by atoms with Crippen molar-refractivity contribution in [2.45, 2.75) is 6.92 Å². The molecule has 0 radical (unpaired) electrons. The fourth-order valence-electron chi connectivity index (χ4n) is 2.14. The third-order valence-corrected chi connectivity index (χ3v) is 3.70. The normalized spacial score (nSPS) is 10.9. The number of amides is 1. The van der Waals surface area contributed by atoms with Crippen LogP contribution in [0.1, 0.15) is 21.5 Å². The number of rotatable bonds is 4. The average Bonchev–Trinajstić information content (AvgIpc) is 2.61. The highest BCUT2D eigenvalue weighted by Gasteiger charge is 2.15. The zero-order valence-corrected chi connectivity index (χ0v) is 14.1. The van der Waals surface area contributed by atoms with Crippen molar-refractivity contribution in [3.8, 4) is 5.88 Å². The molecule has 2 aromatic rings. The number of carbonyl (C=O) groups excluding carboxylic acids is 1. The molecule has 1 aromatic heterocycles. The minimum atomic E-state index is -0.797. The van der Waals surface area contributed by atoms with Crippen LogP contribution in [-0.4, -0.2) is 31.3 Å². The number of benzene rings is 1. The maximum atomic E-state index is 12.0. The van der Waals surface area contributed by atoms with Crippen molar-refractivity contribution in [1.29, 1.82) is 0 Å². The van der Waals surface area contributed by atoms with E-state index in [4.69, 9.17) is 0 Å². The summed E-state index contributed by atoms with van der Waals surface area (Å²) >= 11 is 0. The lowest BCUT2D eigenvalue weighted by molar-refractivity contribution is -0.385. The molecule has 0 bridgehead atoms. The first-order valence-electron chi connectivity index (χ1n) is 7.22. The minimum Gasteiger partial charge on any atom is -0.494 e.